The minimum Gasteiger partial charge on any atom is -0.377 e. The second-order valence-corrected chi connectivity index (χ2v) is 6.16. The summed E-state index contributed by atoms with van der Waals surface area (Å²) in [7, 11) is 1.65. The van der Waals surface area contributed by atoms with Crippen molar-refractivity contribution in [2.45, 2.75) is 26.0 Å². The summed E-state index contributed by atoms with van der Waals surface area (Å²) in [6.45, 7) is 3.09. The molecule has 0 bridgehead atoms. The number of hydrogen-bond acceptors (Lipinski definition) is 7. The quantitative estimate of drug-likeness (QED) is 0.823. The molecule has 118 valence electrons. The SMILES string of the molecule is COCc1nsc(N2CCC(Cn3cnccc3=O)CC2)n1. The summed E-state index contributed by atoms with van der Waals surface area (Å²) in [5.41, 5.74) is 0.0192. The highest BCUT2D eigenvalue weighted by molar-refractivity contribution is 7.09. The first-order valence-corrected chi connectivity index (χ1v) is 8.10. The Bertz CT molecular complexity index is 663. The first-order valence-electron chi connectivity index (χ1n) is 7.33. The lowest BCUT2D eigenvalue weighted by Gasteiger charge is -2.31. The lowest BCUT2D eigenvalue weighted by atomic mass is 9.97. The van der Waals surface area contributed by atoms with Crippen molar-refractivity contribution in [3.05, 3.63) is 34.8 Å². The van der Waals surface area contributed by atoms with Crippen LogP contribution in [0, 0.1) is 5.92 Å². The van der Waals surface area contributed by atoms with Gasteiger partial charge in [-0.2, -0.15) is 4.37 Å². The van der Waals surface area contributed by atoms with Gasteiger partial charge in [0.05, 0.1) is 6.33 Å². The maximum Gasteiger partial charge on any atom is 0.253 e. The number of nitrogens with zero attached hydrogens (tertiary/aromatic N) is 5. The second-order valence-electron chi connectivity index (χ2n) is 5.43. The van der Waals surface area contributed by atoms with Gasteiger partial charge in [0.25, 0.3) is 5.56 Å². The maximum atomic E-state index is 11.7. The fourth-order valence-electron chi connectivity index (χ4n) is 2.66. The lowest BCUT2D eigenvalue weighted by Crippen LogP contribution is -2.36. The highest BCUT2D eigenvalue weighted by Crippen LogP contribution is 2.25. The highest BCUT2D eigenvalue weighted by atomic mass is 32.1. The Labute approximate surface area is 132 Å². The summed E-state index contributed by atoms with van der Waals surface area (Å²) in [6.07, 6.45) is 5.24. The molecule has 0 atom stereocenters. The molecule has 0 aliphatic carbocycles. The van der Waals surface area contributed by atoms with Crippen molar-refractivity contribution in [3.63, 3.8) is 0 Å². The Kier molecular flexibility index (Phi) is 4.79. The van der Waals surface area contributed by atoms with E-state index >= 15 is 0 Å². The first kappa shape index (κ1) is 15.1. The zero-order valence-electron chi connectivity index (χ0n) is 12.5. The number of aromatic nitrogens is 4. The number of piperidine rings is 1. The summed E-state index contributed by atoms with van der Waals surface area (Å²) in [5, 5.41) is 0.962. The van der Waals surface area contributed by atoms with Gasteiger partial charge in [0.15, 0.2) is 5.82 Å². The highest BCUT2D eigenvalue weighted by Gasteiger charge is 2.22. The van der Waals surface area contributed by atoms with Crippen molar-refractivity contribution in [3.8, 4) is 0 Å². The molecule has 8 heteroatoms. The third-order valence-electron chi connectivity index (χ3n) is 3.86. The summed E-state index contributed by atoms with van der Waals surface area (Å²) >= 11 is 1.42. The summed E-state index contributed by atoms with van der Waals surface area (Å²) < 4.78 is 11.0. The number of methoxy groups -OCH3 is 1. The predicted octanol–water partition coefficient (Wildman–Crippen LogP) is 1.16. The minimum atomic E-state index is 0.0192. The largest absolute Gasteiger partial charge is 0.377 e. The van der Waals surface area contributed by atoms with E-state index in [0.29, 0.717) is 12.5 Å². The molecule has 0 radical (unpaired) electrons. The van der Waals surface area contributed by atoms with Gasteiger partial charge in [0, 0.05) is 50.5 Å². The van der Waals surface area contributed by atoms with Crippen LogP contribution in [-0.4, -0.2) is 39.1 Å². The molecule has 1 fully saturated rings. The van der Waals surface area contributed by atoms with Gasteiger partial charge in [-0.25, -0.2) is 9.97 Å². The van der Waals surface area contributed by atoms with E-state index in [1.165, 1.54) is 23.8 Å². The van der Waals surface area contributed by atoms with Crippen molar-refractivity contribution < 1.29 is 4.74 Å². The second kappa shape index (κ2) is 6.97. The first-order chi connectivity index (χ1) is 10.8. The van der Waals surface area contributed by atoms with E-state index in [9.17, 15) is 4.79 Å². The molecule has 2 aromatic rings. The van der Waals surface area contributed by atoms with Gasteiger partial charge in [-0.15, -0.1) is 0 Å². The van der Waals surface area contributed by atoms with Crippen LogP contribution in [0.25, 0.3) is 0 Å². The van der Waals surface area contributed by atoms with Crippen molar-refractivity contribution in [1.82, 2.24) is 18.9 Å². The van der Waals surface area contributed by atoms with Crippen LogP contribution >= 0.6 is 11.5 Å². The van der Waals surface area contributed by atoms with E-state index in [0.717, 1.165) is 43.4 Å². The van der Waals surface area contributed by atoms with Crippen LogP contribution in [-0.2, 0) is 17.9 Å². The molecule has 22 heavy (non-hydrogen) atoms. The Hall–Kier alpha value is -1.80. The molecule has 0 aromatic carbocycles. The molecule has 1 aliphatic heterocycles. The van der Waals surface area contributed by atoms with Crippen LogP contribution in [0.2, 0.25) is 0 Å². The third-order valence-corrected chi connectivity index (χ3v) is 4.68. The van der Waals surface area contributed by atoms with E-state index in [1.807, 2.05) is 0 Å². The van der Waals surface area contributed by atoms with Crippen LogP contribution in [0.1, 0.15) is 18.7 Å². The molecule has 1 saturated heterocycles. The van der Waals surface area contributed by atoms with Gasteiger partial charge in [-0.1, -0.05) is 0 Å². The predicted molar refractivity (Wildman–Crippen MR) is 84.1 cm³/mol. The van der Waals surface area contributed by atoms with Crippen molar-refractivity contribution in [2.24, 2.45) is 5.92 Å². The van der Waals surface area contributed by atoms with Gasteiger partial charge >= 0.3 is 0 Å². The number of ether oxygens (including phenoxy) is 1. The van der Waals surface area contributed by atoms with Crippen LogP contribution in [0.3, 0.4) is 0 Å². The average molecular weight is 321 g/mol. The van der Waals surface area contributed by atoms with E-state index < -0.39 is 0 Å². The molecule has 0 N–H and O–H groups in total. The van der Waals surface area contributed by atoms with E-state index in [4.69, 9.17) is 4.74 Å². The standard InChI is InChI=1S/C14H19N5O2S/c1-21-9-12-16-14(22-17-12)18-6-3-11(4-7-18)8-19-10-15-5-2-13(19)20/h2,5,10-11H,3-4,6-9H2,1H3. The van der Waals surface area contributed by atoms with Gasteiger partial charge in [-0.05, 0) is 18.8 Å². The molecule has 1 aliphatic rings. The Morgan fingerprint density at radius 2 is 2.23 bits per heavy atom. The molecule has 0 unspecified atom stereocenters. The molecule has 7 nitrogen and oxygen atoms in total. The Morgan fingerprint density at radius 1 is 1.41 bits per heavy atom. The zero-order chi connectivity index (χ0) is 15.4. The molecule has 3 rings (SSSR count). The average Bonchev–Trinajstić information content (AvgIpc) is 2.99. The molecule has 0 spiro atoms. The monoisotopic (exact) mass is 321 g/mol. The maximum absolute atomic E-state index is 11.7. The zero-order valence-corrected chi connectivity index (χ0v) is 13.3. The lowest BCUT2D eigenvalue weighted by molar-refractivity contribution is 0.179. The Balaban J connectivity index is 1.56. The summed E-state index contributed by atoms with van der Waals surface area (Å²) in [4.78, 5) is 22.5. The van der Waals surface area contributed by atoms with Crippen LogP contribution in [0.15, 0.2) is 23.4 Å². The van der Waals surface area contributed by atoms with Crippen molar-refractivity contribution >= 4 is 16.7 Å². The molecule has 0 saturated carbocycles. The van der Waals surface area contributed by atoms with Crippen LogP contribution in [0.4, 0.5) is 5.13 Å². The molecular weight excluding hydrogens is 302 g/mol. The molecule has 2 aromatic heterocycles. The van der Waals surface area contributed by atoms with Crippen molar-refractivity contribution in [1.29, 1.82) is 0 Å². The summed E-state index contributed by atoms with van der Waals surface area (Å²) in [5.74, 6) is 1.25. The fourth-order valence-corrected chi connectivity index (χ4v) is 3.39. The Morgan fingerprint density at radius 3 is 2.95 bits per heavy atom. The molecule has 3 heterocycles. The number of hydrogen-bond donors (Lipinski definition) is 0. The smallest absolute Gasteiger partial charge is 0.253 e. The normalized spacial score (nSPS) is 16.1. The van der Waals surface area contributed by atoms with Gasteiger partial charge in [-0.3, -0.25) is 9.36 Å². The van der Waals surface area contributed by atoms with Crippen LogP contribution < -0.4 is 10.5 Å². The number of rotatable bonds is 5. The van der Waals surface area contributed by atoms with E-state index in [1.54, 1.807) is 18.0 Å². The minimum absolute atomic E-state index is 0.0192. The molecular formula is C14H19N5O2S. The van der Waals surface area contributed by atoms with E-state index in [-0.39, 0.29) is 5.56 Å². The molecule has 0 amide bonds. The third kappa shape index (κ3) is 3.50. The fraction of sp³-hybridized carbons (Fsp3) is 0.571. The van der Waals surface area contributed by atoms with Crippen LogP contribution in [0.5, 0.6) is 0 Å². The topological polar surface area (TPSA) is 73.1 Å². The number of anilines is 1. The van der Waals surface area contributed by atoms with E-state index in [2.05, 4.69) is 19.2 Å². The van der Waals surface area contributed by atoms with Gasteiger partial charge in [0.2, 0.25) is 5.13 Å². The van der Waals surface area contributed by atoms with Gasteiger partial charge < -0.3 is 9.64 Å². The summed E-state index contributed by atoms with van der Waals surface area (Å²) in [6, 6.07) is 1.51. The van der Waals surface area contributed by atoms with Gasteiger partial charge in [0.1, 0.15) is 6.61 Å². The van der Waals surface area contributed by atoms with Crippen molar-refractivity contribution in [2.75, 3.05) is 25.1 Å².